The average Bonchev–Trinajstić information content (AvgIpc) is 2.89. The van der Waals surface area contributed by atoms with Crippen LogP contribution in [0.25, 0.3) is 0 Å². The summed E-state index contributed by atoms with van der Waals surface area (Å²) >= 11 is 0. The molecule has 3 atom stereocenters. The van der Waals surface area contributed by atoms with Crippen LogP contribution in [-0.2, 0) is 15.9 Å². The van der Waals surface area contributed by atoms with Gasteiger partial charge >= 0.3 is 6.09 Å². The zero-order valence-corrected chi connectivity index (χ0v) is 17.7. The molecule has 2 aliphatic rings. The Morgan fingerprint density at radius 3 is 2.32 bits per heavy atom. The highest BCUT2D eigenvalue weighted by Gasteiger charge is 2.44. The third-order valence-corrected chi connectivity index (χ3v) is 5.42. The van der Waals surface area contributed by atoms with Crippen LogP contribution in [0.15, 0.2) is 24.3 Å². The second kappa shape index (κ2) is 8.70. The van der Waals surface area contributed by atoms with Crippen LogP contribution in [0.1, 0.15) is 46.1 Å². The fraction of sp³-hybridized carbons (Fsp3) is 0.682. The molecule has 6 heteroatoms. The predicted molar refractivity (Wildman–Crippen MR) is 112 cm³/mol. The highest BCUT2D eigenvalue weighted by molar-refractivity contribution is 5.70. The molecule has 1 aromatic carbocycles. The number of fused-ring (bicyclic) bond motifs is 2. The van der Waals surface area contributed by atoms with E-state index in [1.807, 2.05) is 32.6 Å². The quantitative estimate of drug-likeness (QED) is 0.809. The normalized spacial score (nSPS) is 23.0. The molecule has 3 unspecified atom stereocenters. The Kier molecular flexibility index (Phi) is 6.50. The molecular formula is C22H35N3O3. The molecule has 2 bridgehead atoms. The first kappa shape index (κ1) is 20.9. The number of nitrogens with two attached hydrogens (primary N) is 1. The second-order valence-electron chi connectivity index (χ2n) is 8.97. The maximum atomic E-state index is 12.6. The molecule has 0 saturated carbocycles. The predicted octanol–water partition coefficient (Wildman–Crippen LogP) is 3.18. The van der Waals surface area contributed by atoms with Gasteiger partial charge in [-0.3, -0.25) is 4.90 Å². The van der Waals surface area contributed by atoms with Crippen molar-refractivity contribution in [2.45, 2.75) is 70.7 Å². The molecule has 1 amide bonds. The molecule has 28 heavy (non-hydrogen) atoms. The Labute approximate surface area is 169 Å². The van der Waals surface area contributed by atoms with Gasteiger partial charge in [0.2, 0.25) is 0 Å². The van der Waals surface area contributed by atoms with Crippen LogP contribution in [0.3, 0.4) is 0 Å². The van der Waals surface area contributed by atoms with Crippen molar-refractivity contribution in [1.29, 1.82) is 0 Å². The summed E-state index contributed by atoms with van der Waals surface area (Å²) in [5, 5.41) is 0. The third-order valence-electron chi connectivity index (χ3n) is 5.42. The minimum Gasteiger partial charge on any atom is -0.444 e. The van der Waals surface area contributed by atoms with Crippen LogP contribution in [0.2, 0.25) is 0 Å². The summed E-state index contributed by atoms with van der Waals surface area (Å²) in [5.41, 5.74) is 8.11. The van der Waals surface area contributed by atoms with Crippen molar-refractivity contribution in [3.63, 3.8) is 0 Å². The Hall–Kier alpha value is -1.79. The van der Waals surface area contributed by atoms with E-state index in [1.165, 1.54) is 11.3 Å². The number of carbonyl (C=O) groups is 1. The van der Waals surface area contributed by atoms with E-state index in [4.69, 9.17) is 15.2 Å². The summed E-state index contributed by atoms with van der Waals surface area (Å²) in [6, 6.07) is 9.14. The minimum atomic E-state index is -0.452. The lowest BCUT2D eigenvalue weighted by molar-refractivity contribution is 0.0123. The van der Waals surface area contributed by atoms with Gasteiger partial charge in [-0.25, -0.2) is 4.79 Å². The fourth-order valence-electron chi connectivity index (χ4n) is 4.20. The van der Waals surface area contributed by atoms with E-state index in [1.54, 1.807) is 0 Å². The average molecular weight is 390 g/mol. The maximum absolute atomic E-state index is 12.6. The summed E-state index contributed by atoms with van der Waals surface area (Å²) in [7, 11) is 0. The van der Waals surface area contributed by atoms with Crippen LogP contribution in [0.5, 0.6) is 0 Å². The van der Waals surface area contributed by atoms with Crippen molar-refractivity contribution >= 4 is 11.8 Å². The number of nitrogens with zero attached hydrogens (tertiary/aromatic N) is 2. The van der Waals surface area contributed by atoms with E-state index in [2.05, 4.69) is 29.2 Å². The first-order chi connectivity index (χ1) is 13.3. The molecule has 156 valence electrons. The van der Waals surface area contributed by atoms with E-state index in [-0.39, 0.29) is 24.2 Å². The van der Waals surface area contributed by atoms with Crippen LogP contribution in [0, 0.1) is 0 Å². The molecule has 2 heterocycles. The summed E-state index contributed by atoms with van der Waals surface area (Å²) in [6.07, 6.45) is 2.74. The molecule has 1 aromatic rings. The largest absolute Gasteiger partial charge is 0.444 e. The Morgan fingerprint density at radius 1 is 1.18 bits per heavy atom. The van der Waals surface area contributed by atoms with Gasteiger partial charge in [0.25, 0.3) is 0 Å². The zero-order chi connectivity index (χ0) is 20.3. The molecule has 0 spiro atoms. The minimum absolute atomic E-state index is 0.0269. The lowest BCUT2D eigenvalue weighted by Crippen LogP contribution is -2.56. The SMILES string of the molecule is CCOCC(N)Cc1ccc(N2CC3CCC(C2)N3C(=O)OC(C)(C)C)cc1. The van der Waals surface area contributed by atoms with E-state index in [0.717, 1.165) is 32.4 Å². The lowest BCUT2D eigenvalue weighted by Gasteiger charge is -2.42. The van der Waals surface area contributed by atoms with Gasteiger partial charge in [0.1, 0.15) is 5.60 Å². The number of rotatable bonds is 6. The van der Waals surface area contributed by atoms with E-state index < -0.39 is 5.60 Å². The molecule has 2 fully saturated rings. The van der Waals surface area contributed by atoms with Gasteiger partial charge in [0, 0.05) is 31.4 Å². The number of hydrogen-bond acceptors (Lipinski definition) is 5. The van der Waals surface area contributed by atoms with Crippen LogP contribution in [-0.4, -0.2) is 61.0 Å². The van der Waals surface area contributed by atoms with Crippen molar-refractivity contribution in [3.8, 4) is 0 Å². The highest BCUT2D eigenvalue weighted by atomic mass is 16.6. The van der Waals surface area contributed by atoms with Gasteiger partial charge in [-0.15, -0.1) is 0 Å². The fourth-order valence-corrected chi connectivity index (χ4v) is 4.20. The Bertz CT molecular complexity index is 642. The number of amides is 1. The van der Waals surface area contributed by atoms with Crippen molar-refractivity contribution in [2.75, 3.05) is 31.2 Å². The zero-order valence-electron chi connectivity index (χ0n) is 17.7. The third kappa shape index (κ3) is 5.17. The first-order valence-corrected chi connectivity index (χ1v) is 10.5. The van der Waals surface area contributed by atoms with Gasteiger partial charge in [0.15, 0.2) is 0 Å². The van der Waals surface area contributed by atoms with Crippen LogP contribution >= 0.6 is 0 Å². The van der Waals surface area contributed by atoms with Gasteiger partial charge in [-0.1, -0.05) is 12.1 Å². The second-order valence-corrected chi connectivity index (χ2v) is 8.97. The van der Waals surface area contributed by atoms with Crippen molar-refractivity contribution in [1.82, 2.24) is 4.90 Å². The molecule has 0 aliphatic carbocycles. The molecule has 2 aliphatic heterocycles. The number of piperazine rings is 1. The van der Waals surface area contributed by atoms with Gasteiger partial charge < -0.3 is 20.1 Å². The Balaban J connectivity index is 1.59. The number of carbonyl (C=O) groups excluding carboxylic acids is 1. The standard InChI is InChI=1S/C22H35N3O3/c1-5-27-15-17(23)12-16-6-8-18(9-7-16)24-13-19-10-11-20(14-24)25(19)21(26)28-22(2,3)4/h6-9,17,19-20H,5,10-15,23H2,1-4H3. The molecule has 3 rings (SSSR count). The number of ether oxygens (including phenoxy) is 2. The maximum Gasteiger partial charge on any atom is 0.410 e. The van der Waals surface area contributed by atoms with Crippen molar-refractivity contribution in [3.05, 3.63) is 29.8 Å². The Morgan fingerprint density at radius 2 is 1.79 bits per heavy atom. The van der Waals surface area contributed by atoms with E-state index in [9.17, 15) is 4.79 Å². The monoisotopic (exact) mass is 389 g/mol. The number of anilines is 1. The number of benzene rings is 1. The molecule has 2 saturated heterocycles. The topological polar surface area (TPSA) is 68.0 Å². The van der Waals surface area contributed by atoms with Gasteiger partial charge in [-0.05, 0) is 64.7 Å². The van der Waals surface area contributed by atoms with E-state index in [0.29, 0.717) is 13.2 Å². The number of hydrogen-bond donors (Lipinski definition) is 1. The van der Waals surface area contributed by atoms with Crippen molar-refractivity contribution in [2.24, 2.45) is 5.73 Å². The summed E-state index contributed by atoms with van der Waals surface area (Å²) in [4.78, 5) is 17.0. The summed E-state index contributed by atoms with van der Waals surface area (Å²) in [5.74, 6) is 0. The van der Waals surface area contributed by atoms with Crippen LogP contribution in [0.4, 0.5) is 10.5 Å². The lowest BCUT2D eigenvalue weighted by atomic mass is 10.1. The smallest absolute Gasteiger partial charge is 0.410 e. The molecule has 0 radical (unpaired) electrons. The van der Waals surface area contributed by atoms with Crippen molar-refractivity contribution < 1.29 is 14.3 Å². The van der Waals surface area contributed by atoms with Gasteiger partial charge in [0.05, 0.1) is 18.7 Å². The first-order valence-electron chi connectivity index (χ1n) is 10.5. The molecular weight excluding hydrogens is 354 g/mol. The van der Waals surface area contributed by atoms with Crippen LogP contribution < -0.4 is 10.6 Å². The molecule has 6 nitrogen and oxygen atoms in total. The highest BCUT2D eigenvalue weighted by Crippen LogP contribution is 2.34. The van der Waals surface area contributed by atoms with Gasteiger partial charge in [-0.2, -0.15) is 0 Å². The molecule has 2 N–H and O–H groups in total. The molecule has 0 aromatic heterocycles. The van der Waals surface area contributed by atoms with E-state index >= 15 is 0 Å². The summed E-state index contributed by atoms with van der Waals surface area (Å²) < 4.78 is 11.0. The summed E-state index contributed by atoms with van der Waals surface area (Å²) in [6.45, 7) is 10.8.